The normalized spacial score (nSPS) is 17.2. The van der Waals surface area contributed by atoms with Gasteiger partial charge in [0.2, 0.25) is 5.91 Å². The monoisotopic (exact) mass is 258 g/mol. The topological polar surface area (TPSA) is 59.5 Å². The number of amides is 1. The first-order valence-corrected chi connectivity index (χ1v) is 6.62. The Morgan fingerprint density at radius 3 is 2.79 bits per heavy atom. The van der Waals surface area contributed by atoms with E-state index in [2.05, 4.69) is 0 Å². The van der Waals surface area contributed by atoms with Crippen LogP contribution in [0.4, 0.5) is 5.69 Å². The van der Waals surface area contributed by atoms with Gasteiger partial charge in [0.15, 0.2) is 0 Å². The summed E-state index contributed by atoms with van der Waals surface area (Å²) in [5, 5.41) is 0.963. The van der Waals surface area contributed by atoms with Crippen molar-refractivity contribution in [2.45, 2.75) is 19.3 Å². The maximum atomic E-state index is 12.6. The van der Waals surface area contributed by atoms with Crippen LogP contribution >= 0.6 is 0 Å². The molecule has 0 saturated heterocycles. The number of fused-ring (bicyclic) bond motifs is 1. The lowest BCUT2D eigenvalue weighted by molar-refractivity contribution is -0.131. The summed E-state index contributed by atoms with van der Waals surface area (Å²) < 4.78 is 5.49. The second-order valence-corrected chi connectivity index (χ2v) is 5.32. The van der Waals surface area contributed by atoms with Gasteiger partial charge < -0.3 is 15.1 Å². The van der Waals surface area contributed by atoms with Crippen LogP contribution in [0.15, 0.2) is 34.9 Å². The average molecular weight is 258 g/mol. The number of anilines is 1. The molecule has 0 spiro atoms. The lowest BCUT2D eigenvalue weighted by atomic mass is 9.68. The number of nitrogens with two attached hydrogens (primary N) is 1. The number of hydrogen-bond acceptors (Lipinski definition) is 3. The Labute approximate surface area is 112 Å². The Morgan fingerprint density at radius 1 is 1.42 bits per heavy atom. The van der Waals surface area contributed by atoms with Gasteiger partial charge in [-0.3, -0.25) is 4.79 Å². The molecule has 1 aliphatic carbocycles. The Hall–Kier alpha value is -1.81. The molecule has 1 heterocycles. The van der Waals surface area contributed by atoms with E-state index < -0.39 is 0 Å². The number of carbonyl (C=O) groups is 1. The first-order valence-electron chi connectivity index (χ1n) is 6.62. The molecule has 19 heavy (non-hydrogen) atoms. The smallest absolute Gasteiger partial charge is 0.234 e. The van der Waals surface area contributed by atoms with Crippen LogP contribution in [0, 0.1) is 5.41 Å². The van der Waals surface area contributed by atoms with E-state index in [9.17, 15) is 4.79 Å². The minimum Gasteiger partial charge on any atom is -0.462 e. The molecule has 0 aliphatic heterocycles. The number of carbonyl (C=O) groups excluding carboxylic acids is 1. The van der Waals surface area contributed by atoms with Gasteiger partial charge in [-0.1, -0.05) is 18.6 Å². The third-order valence-corrected chi connectivity index (χ3v) is 4.28. The molecule has 2 aromatic rings. The molecular formula is C15H18N2O2. The summed E-state index contributed by atoms with van der Waals surface area (Å²) in [6.07, 6.45) is 4.51. The van der Waals surface area contributed by atoms with Gasteiger partial charge >= 0.3 is 0 Å². The summed E-state index contributed by atoms with van der Waals surface area (Å²) in [6, 6.07) is 7.74. The highest BCUT2D eigenvalue weighted by Crippen LogP contribution is 2.42. The zero-order valence-electron chi connectivity index (χ0n) is 11.1. The summed E-state index contributed by atoms with van der Waals surface area (Å²) in [6.45, 7) is 0.423. The van der Waals surface area contributed by atoms with Crippen molar-refractivity contribution in [1.29, 1.82) is 0 Å². The first-order chi connectivity index (χ1) is 9.18. The van der Waals surface area contributed by atoms with Gasteiger partial charge in [0.05, 0.1) is 11.1 Å². The molecule has 0 bridgehead atoms. The summed E-state index contributed by atoms with van der Waals surface area (Å²) >= 11 is 0. The Balaban J connectivity index is 1.95. The average Bonchev–Trinajstić information content (AvgIpc) is 2.81. The highest BCUT2D eigenvalue weighted by molar-refractivity contribution is 6.04. The molecule has 1 aromatic heterocycles. The van der Waals surface area contributed by atoms with Gasteiger partial charge in [-0.25, -0.2) is 0 Å². The predicted molar refractivity (Wildman–Crippen MR) is 75.0 cm³/mol. The van der Waals surface area contributed by atoms with Crippen molar-refractivity contribution in [2.24, 2.45) is 11.1 Å². The second-order valence-electron chi connectivity index (χ2n) is 5.32. The highest BCUT2D eigenvalue weighted by Gasteiger charge is 2.44. The van der Waals surface area contributed by atoms with E-state index in [1.807, 2.05) is 24.3 Å². The number of benzene rings is 1. The fraction of sp³-hybridized carbons (Fsp3) is 0.400. The number of furan rings is 1. The molecule has 0 atom stereocenters. The largest absolute Gasteiger partial charge is 0.462 e. The Morgan fingerprint density at radius 2 is 2.16 bits per heavy atom. The zero-order valence-corrected chi connectivity index (χ0v) is 11.1. The van der Waals surface area contributed by atoms with Crippen LogP contribution in [0.1, 0.15) is 19.3 Å². The van der Waals surface area contributed by atoms with Crippen molar-refractivity contribution in [3.8, 4) is 0 Å². The standard InChI is InChI=1S/C15H18N2O2/c1-17(14(18)15(10-16)7-4-8-15)12-9-19-13-6-3-2-5-11(12)13/h2-3,5-6,9H,4,7-8,10,16H2,1H3. The van der Waals surface area contributed by atoms with Crippen LogP contribution in [-0.4, -0.2) is 19.5 Å². The first kappa shape index (κ1) is 12.2. The molecule has 1 aliphatic rings. The van der Waals surface area contributed by atoms with Crippen LogP contribution < -0.4 is 10.6 Å². The summed E-state index contributed by atoms with van der Waals surface area (Å²) in [5.74, 6) is 0.104. The number of hydrogen-bond donors (Lipinski definition) is 1. The number of para-hydroxylation sites is 1. The highest BCUT2D eigenvalue weighted by atomic mass is 16.3. The van der Waals surface area contributed by atoms with E-state index in [-0.39, 0.29) is 11.3 Å². The third-order valence-electron chi connectivity index (χ3n) is 4.28. The van der Waals surface area contributed by atoms with Crippen molar-refractivity contribution >= 4 is 22.6 Å². The molecule has 1 amide bonds. The zero-order chi connectivity index (χ0) is 13.5. The summed E-state index contributed by atoms with van der Waals surface area (Å²) in [7, 11) is 1.80. The molecular weight excluding hydrogens is 240 g/mol. The van der Waals surface area contributed by atoms with E-state index >= 15 is 0 Å². The second kappa shape index (κ2) is 4.38. The van der Waals surface area contributed by atoms with Gasteiger partial charge in [-0.15, -0.1) is 0 Å². The fourth-order valence-corrected chi connectivity index (χ4v) is 2.80. The lowest BCUT2D eigenvalue weighted by Crippen LogP contribution is -2.51. The van der Waals surface area contributed by atoms with Crippen molar-refractivity contribution in [1.82, 2.24) is 0 Å². The van der Waals surface area contributed by atoms with Crippen molar-refractivity contribution in [2.75, 3.05) is 18.5 Å². The Kier molecular flexibility index (Phi) is 2.82. The molecule has 3 rings (SSSR count). The van der Waals surface area contributed by atoms with Crippen molar-refractivity contribution in [3.63, 3.8) is 0 Å². The van der Waals surface area contributed by atoms with Crippen LogP contribution in [0.2, 0.25) is 0 Å². The SMILES string of the molecule is CN(C(=O)C1(CN)CCC1)c1coc2ccccc12. The van der Waals surface area contributed by atoms with Gasteiger partial charge in [-0.05, 0) is 25.0 Å². The van der Waals surface area contributed by atoms with Crippen LogP contribution in [-0.2, 0) is 4.79 Å². The lowest BCUT2D eigenvalue weighted by Gasteiger charge is -2.41. The maximum absolute atomic E-state index is 12.6. The van der Waals surface area contributed by atoms with Crippen LogP contribution in [0.5, 0.6) is 0 Å². The van der Waals surface area contributed by atoms with Crippen LogP contribution in [0.25, 0.3) is 11.0 Å². The molecule has 0 unspecified atom stereocenters. The third kappa shape index (κ3) is 1.75. The van der Waals surface area contributed by atoms with Gasteiger partial charge in [0.25, 0.3) is 0 Å². The van der Waals surface area contributed by atoms with E-state index in [0.29, 0.717) is 6.54 Å². The predicted octanol–water partition coefficient (Wildman–Crippen LogP) is 2.52. The molecule has 1 aromatic carbocycles. The van der Waals surface area contributed by atoms with E-state index in [1.54, 1.807) is 18.2 Å². The molecule has 4 nitrogen and oxygen atoms in total. The van der Waals surface area contributed by atoms with Gasteiger partial charge in [-0.2, -0.15) is 0 Å². The van der Waals surface area contributed by atoms with Crippen molar-refractivity contribution < 1.29 is 9.21 Å². The molecule has 4 heteroatoms. The quantitative estimate of drug-likeness (QED) is 0.920. The van der Waals surface area contributed by atoms with E-state index in [4.69, 9.17) is 10.2 Å². The van der Waals surface area contributed by atoms with Crippen molar-refractivity contribution in [3.05, 3.63) is 30.5 Å². The number of nitrogens with zero attached hydrogens (tertiary/aromatic N) is 1. The van der Waals surface area contributed by atoms with E-state index in [0.717, 1.165) is 35.9 Å². The summed E-state index contributed by atoms with van der Waals surface area (Å²) in [4.78, 5) is 14.3. The maximum Gasteiger partial charge on any atom is 0.234 e. The summed E-state index contributed by atoms with van der Waals surface area (Å²) in [5.41, 5.74) is 7.07. The molecule has 2 N–H and O–H groups in total. The Bertz CT molecular complexity index is 608. The van der Waals surface area contributed by atoms with E-state index in [1.165, 1.54) is 0 Å². The van der Waals surface area contributed by atoms with Gasteiger partial charge in [0, 0.05) is 19.0 Å². The van der Waals surface area contributed by atoms with Gasteiger partial charge in [0.1, 0.15) is 11.8 Å². The fourth-order valence-electron chi connectivity index (χ4n) is 2.80. The molecule has 1 saturated carbocycles. The molecule has 0 radical (unpaired) electrons. The minimum atomic E-state index is -0.354. The molecule has 100 valence electrons. The molecule has 1 fully saturated rings. The van der Waals surface area contributed by atoms with Crippen LogP contribution in [0.3, 0.4) is 0 Å². The minimum absolute atomic E-state index is 0.104. The number of rotatable bonds is 3.